The first-order chi connectivity index (χ1) is 14.0. The Bertz CT molecular complexity index is 998. The standard InChI is InChI=1S/C22H18N2O5/c25-19(23-15-9-5-14(6-10-15)22(28)29)13-7-11-16(12-8-13)24-20(26)17-3-1-2-4-18(17)21(24)27/h1-2,5-12,17-18H,3-4H2,(H,23,25)(H,28,29)/t17-,18-/m1/s1. The van der Waals surface area contributed by atoms with Gasteiger partial charge in [0.15, 0.2) is 0 Å². The number of aromatic carboxylic acids is 1. The van der Waals surface area contributed by atoms with Crippen molar-refractivity contribution >= 4 is 35.1 Å². The fourth-order valence-electron chi connectivity index (χ4n) is 3.72. The number of amides is 3. The molecule has 1 aliphatic heterocycles. The Morgan fingerprint density at radius 2 is 1.34 bits per heavy atom. The van der Waals surface area contributed by atoms with Crippen molar-refractivity contribution in [2.75, 3.05) is 10.2 Å². The summed E-state index contributed by atoms with van der Waals surface area (Å²) in [6.07, 6.45) is 5.03. The third-order valence-corrected chi connectivity index (χ3v) is 5.28. The van der Waals surface area contributed by atoms with Crippen LogP contribution in [-0.2, 0) is 9.59 Å². The molecule has 29 heavy (non-hydrogen) atoms. The van der Waals surface area contributed by atoms with Crippen LogP contribution in [0.15, 0.2) is 60.7 Å². The number of fused-ring (bicyclic) bond motifs is 1. The molecule has 0 radical (unpaired) electrons. The Labute approximate surface area is 166 Å². The molecule has 1 aliphatic carbocycles. The molecule has 0 spiro atoms. The molecule has 7 heteroatoms. The number of carbonyl (C=O) groups excluding carboxylic acids is 3. The number of rotatable bonds is 4. The normalized spacial score (nSPS) is 20.5. The minimum Gasteiger partial charge on any atom is -0.478 e. The first kappa shape index (κ1) is 18.6. The summed E-state index contributed by atoms with van der Waals surface area (Å²) in [5, 5.41) is 11.6. The van der Waals surface area contributed by atoms with Crippen LogP contribution in [0.25, 0.3) is 0 Å². The number of hydrogen-bond donors (Lipinski definition) is 2. The zero-order chi connectivity index (χ0) is 20.5. The number of hydrogen-bond acceptors (Lipinski definition) is 4. The molecule has 2 aliphatic rings. The predicted octanol–water partition coefficient (Wildman–Crippen LogP) is 3.09. The number of nitrogens with zero attached hydrogens (tertiary/aromatic N) is 1. The van der Waals surface area contributed by atoms with E-state index in [2.05, 4.69) is 5.32 Å². The van der Waals surface area contributed by atoms with Crippen molar-refractivity contribution in [2.45, 2.75) is 12.8 Å². The van der Waals surface area contributed by atoms with Crippen LogP contribution >= 0.6 is 0 Å². The lowest BCUT2D eigenvalue weighted by atomic mass is 9.85. The first-order valence-electron chi connectivity index (χ1n) is 9.23. The molecule has 3 amide bonds. The van der Waals surface area contributed by atoms with E-state index in [9.17, 15) is 19.2 Å². The van der Waals surface area contributed by atoms with Gasteiger partial charge in [0.2, 0.25) is 11.8 Å². The van der Waals surface area contributed by atoms with Gasteiger partial charge in [-0.15, -0.1) is 0 Å². The van der Waals surface area contributed by atoms with Gasteiger partial charge in [-0.2, -0.15) is 0 Å². The van der Waals surface area contributed by atoms with Gasteiger partial charge in [-0.25, -0.2) is 4.79 Å². The van der Waals surface area contributed by atoms with E-state index in [1.54, 1.807) is 24.3 Å². The largest absolute Gasteiger partial charge is 0.478 e. The Kier molecular flexibility index (Phi) is 4.72. The van der Waals surface area contributed by atoms with E-state index in [-0.39, 0.29) is 35.1 Å². The number of imide groups is 1. The molecule has 1 saturated heterocycles. The average molecular weight is 390 g/mol. The molecule has 0 saturated carbocycles. The molecule has 4 rings (SSSR count). The van der Waals surface area contributed by atoms with Gasteiger partial charge in [-0.3, -0.25) is 19.3 Å². The smallest absolute Gasteiger partial charge is 0.335 e. The topological polar surface area (TPSA) is 104 Å². The lowest BCUT2D eigenvalue weighted by molar-refractivity contribution is -0.122. The Morgan fingerprint density at radius 3 is 1.86 bits per heavy atom. The van der Waals surface area contributed by atoms with E-state index in [0.717, 1.165) is 0 Å². The molecule has 1 heterocycles. The summed E-state index contributed by atoms with van der Waals surface area (Å²) in [6.45, 7) is 0. The van der Waals surface area contributed by atoms with Crippen LogP contribution in [0.2, 0.25) is 0 Å². The summed E-state index contributed by atoms with van der Waals surface area (Å²) < 4.78 is 0. The number of carboxylic acid groups (broad SMARTS) is 1. The maximum atomic E-state index is 12.6. The number of carboxylic acids is 1. The van der Waals surface area contributed by atoms with Crippen molar-refractivity contribution in [1.82, 2.24) is 0 Å². The van der Waals surface area contributed by atoms with Gasteiger partial charge >= 0.3 is 5.97 Å². The van der Waals surface area contributed by atoms with Crippen LogP contribution in [0.4, 0.5) is 11.4 Å². The van der Waals surface area contributed by atoms with Gasteiger partial charge in [0, 0.05) is 11.3 Å². The van der Waals surface area contributed by atoms with Crippen molar-refractivity contribution in [3.63, 3.8) is 0 Å². The van der Waals surface area contributed by atoms with E-state index in [1.165, 1.54) is 29.2 Å². The molecule has 0 unspecified atom stereocenters. The van der Waals surface area contributed by atoms with Gasteiger partial charge < -0.3 is 10.4 Å². The SMILES string of the molecule is O=C(O)c1ccc(NC(=O)c2ccc(N3C(=O)[C@@H]4CC=CC[C@H]4C3=O)cc2)cc1. The second-order valence-electron chi connectivity index (χ2n) is 7.05. The molecule has 0 bridgehead atoms. The number of anilines is 2. The van der Waals surface area contributed by atoms with E-state index in [1.807, 2.05) is 12.2 Å². The second-order valence-corrected chi connectivity index (χ2v) is 7.05. The van der Waals surface area contributed by atoms with Crippen molar-refractivity contribution in [3.05, 3.63) is 71.8 Å². The van der Waals surface area contributed by atoms with Gasteiger partial charge in [0.25, 0.3) is 5.91 Å². The van der Waals surface area contributed by atoms with E-state index >= 15 is 0 Å². The van der Waals surface area contributed by atoms with Gasteiger partial charge in [0.05, 0.1) is 23.1 Å². The first-order valence-corrected chi connectivity index (χ1v) is 9.23. The summed E-state index contributed by atoms with van der Waals surface area (Å²) in [7, 11) is 0. The van der Waals surface area contributed by atoms with Crippen LogP contribution in [0.5, 0.6) is 0 Å². The summed E-state index contributed by atoms with van der Waals surface area (Å²) in [5.41, 5.74) is 1.40. The summed E-state index contributed by atoms with van der Waals surface area (Å²) in [5.74, 6) is -2.41. The third kappa shape index (κ3) is 3.42. The Balaban J connectivity index is 1.47. The van der Waals surface area contributed by atoms with Crippen LogP contribution < -0.4 is 10.2 Å². The third-order valence-electron chi connectivity index (χ3n) is 5.28. The molecule has 1 fully saturated rings. The fourth-order valence-corrected chi connectivity index (χ4v) is 3.72. The highest BCUT2D eigenvalue weighted by Gasteiger charge is 2.47. The minimum atomic E-state index is -1.04. The molecule has 0 aromatic heterocycles. The second kappa shape index (κ2) is 7.35. The van der Waals surface area contributed by atoms with Crippen molar-refractivity contribution in [1.29, 1.82) is 0 Å². The van der Waals surface area contributed by atoms with E-state index < -0.39 is 5.97 Å². The highest BCUT2D eigenvalue weighted by atomic mass is 16.4. The van der Waals surface area contributed by atoms with Gasteiger partial charge in [-0.1, -0.05) is 12.2 Å². The maximum absolute atomic E-state index is 12.6. The molecule has 146 valence electrons. The summed E-state index contributed by atoms with van der Waals surface area (Å²) in [6, 6.07) is 12.1. The predicted molar refractivity (Wildman–Crippen MR) is 106 cm³/mol. The minimum absolute atomic E-state index is 0.128. The molecule has 2 aromatic carbocycles. The number of allylic oxidation sites excluding steroid dienone is 2. The molecule has 2 atom stereocenters. The van der Waals surface area contributed by atoms with Crippen molar-refractivity contribution < 1.29 is 24.3 Å². The van der Waals surface area contributed by atoms with Crippen molar-refractivity contribution in [3.8, 4) is 0 Å². The molecule has 2 aromatic rings. The Hall–Kier alpha value is -3.74. The fraction of sp³-hybridized carbons (Fsp3) is 0.182. The van der Waals surface area contributed by atoms with Crippen molar-refractivity contribution in [2.24, 2.45) is 11.8 Å². The highest BCUT2D eigenvalue weighted by molar-refractivity contribution is 6.22. The average Bonchev–Trinajstić information content (AvgIpc) is 2.99. The van der Waals surface area contributed by atoms with E-state index in [4.69, 9.17) is 5.11 Å². The van der Waals surface area contributed by atoms with Crippen LogP contribution in [0.3, 0.4) is 0 Å². The van der Waals surface area contributed by atoms with Crippen LogP contribution in [-0.4, -0.2) is 28.8 Å². The van der Waals surface area contributed by atoms with Crippen LogP contribution in [0.1, 0.15) is 33.6 Å². The lowest BCUT2D eigenvalue weighted by Crippen LogP contribution is -2.30. The van der Waals surface area contributed by atoms with E-state index in [0.29, 0.717) is 29.8 Å². The molecule has 2 N–H and O–H groups in total. The van der Waals surface area contributed by atoms with Gasteiger partial charge in [0.1, 0.15) is 0 Å². The maximum Gasteiger partial charge on any atom is 0.335 e. The number of carbonyl (C=O) groups is 4. The van der Waals surface area contributed by atoms with Crippen LogP contribution in [0, 0.1) is 11.8 Å². The zero-order valence-corrected chi connectivity index (χ0v) is 15.4. The monoisotopic (exact) mass is 390 g/mol. The molecule has 7 nitrogen and oxygen atoms in total. The van der Waals surface area contributed by atoms with Gasteiger partial charge in [-0.05, 0) is 61.4 Å². The number of nitrogens with one attached hydrogen (secondary N) is 1. The molecular weight excluding hydrogens is 372 g/mol. The zero-order valence-electron chi connectivity index (χ0n) is 15.4. The Morgan fingerprint density at radius 1 is 0.828 bits per heavy atom. The summed E-state index contributed by atoms with van der Waals surface area (Å²) in [4.78, 5) is 49.8. The molecular formula is C22H18N2O5. The highest BCUT2D eigenvalue weighted by Crippen LogP contribution is 2.37. The lowest BCUT2D eigenvalue weighted by Gasteiger charge is -2.15. The number of benzene rings is 2. The summed E-state index contributed by atoms with van der Waals surface area (Å²) >= 11 is 0. The quantitative estimate of drug-likeness (QED) is 0.617.